The van der Waals surface area contributed by atoms with E-state index >= 15 is 0 Å². The standard InChI is InChI=1S/C18H12BrN3O4/c19-14-5-1-12(2-6-14)17-10-9-16(26-17)11-20-21-18(23)13-3-7-15(8-4-13)22(24)25/h1-11H,(H,21,23)/b20-11-. The van der Waals surface area contributed by atoms with Crippen LogP contribution in [0, 0.1) is 10.1 Å². The van der Waals surface area contributed by atoms with E-state index < -0.39 is 10.8 Å². The van der Waals surface area contributed by atoms with Gasteiger partial charge in [0, 0.05) is 27.7 Å². The fourth-order valence-electron chi connectivity index (χ4n) is 2.15. The molecule has 8 heteroatoms. The highest BCUT2D eigenvalue weighted by Crippen LogP contribution is 2.23. The van der Waals surface area contributed by atoms with Crippen molar-refractivity contribution in [2.24, 2.45) is 5.10 Å². The summed E-state index contributed by atoms with van der Waals surface area (Å²) in [5.41, 5.74) is 3.45. The molecule has 0 aliphatic carbocycles. The van der Waals surface area contributed by atoms with E-state index in [1.54, 1.807) is 6.07 Å². The molecule has 0 saturated heterocycles. The highest BCUT2D eigenvalue weighted by atomic mass is 79.9. The smallest absolute Gasteiger partial charge is 0.271 e. The van der Waals surface area contributed by atoms with Gasteiger partial charge in [-0.3, -0.25) is 14.9 Å². The monoisotopic (exact) mass is 413 g/mol. The summed E-state index contributed by atoms with van der Waals surface area (Å²) in [5.74, 6) is 0.684. The molecule has 0 spiro atoms. The minimum Gasteiger partial charge on any atom is -0.455 e. The SMILES string of the molecule is O=C(N/N=C\c1ccc(-c2ccc(Br)cc2)o1)c1ccc([N+](=O)[O-])cc1. The maximum absolute atomic E-state index is 11.9. The molecule has 1 aromatic heterocycles. The number of benzene rings is 2. The lowest BCUT2D eigenvalue weighted by atomic mass is 10.2. The van der Waals surface area contributed by atoms with E-state index in [4.69, 9.17) is 4.42 Å². The van der Waals surface area contributed by atoms with Gasteiger partial charge in [-0.05, 0) is 36.4 Å². The van der Waals surface area contributed by atoms with Crippen LogP contribution in [0.4, 0.5) is 5.69 Å². The summed E-state index contributed by atoms with van der Waals surface area (Å²) in [5, 5.41) is 14.4. The van der Waals surface area contributed by atoms with Crippen LogP contribution in [-0.2, 0) is 0 Å². The van der Waals surface area contributed by atoms with Gasteiger partial charge in [0.05, 0.1) is 11.1 Å². The van der Waals surface area contributed by atoms with Crippen LogP contribution in [0.15, 0.2) is 74.7 Å². The molecule has 0 atom stereocenters. The largest absolute Gasteiger partial charge is 0.455 e. The van der Waals surface area contributed by atoms with Gasteiger partial charge in [0.25, 0.3) is 11.6 Å². The zero-order chi connectivity index (χ0) is 18.5. The number of hydrazone groups is 1. The van der Waals surface area contributed by atoms with Gasteiger partial charge >= 0.3 is 0 Å². The van der Waals surface area contributed by atoms with E-state index in [0.717, 1.165) is 10.0 Å². The minimum absolute atomic E-state index is 0.0823. The molecule has 0 fully saturated rings. The topological polar surface area (TPSA) is 97.7 Å². The Morgan fingerprint density at radius 3 is 2.42 bits per heavy atom. The van der Waals surface area contributed by atoms with E-state index in [2.05, 4.69) is 26.5 Å². The first-order chi connectivity index (χ1) is 12.5. The van der Waals surface area contributed by atoms with E-state index in [1.807, 2.05) is 30.3 Å². The first kappa shape index (κ1) is 17.6. The summed E-state index contributed by atoms with van der Waals surface area (Å²) in [7, 11) is 0. The third-order valence-corrected chi connectivity index (χ3v) is 3.98. The van der Waals surface area contributed by atoms with Crippen LogP contribution < -0.4 is 5.43 Å². The number of non-ortho nitro benzene ring substituents is 1. The van der Waals surface area contributed by atoms with Crippen LogP contribution in [0.2, 0.25) is 0 Å². The number of furan rings is 1. The van der Waals surface area contributed by atoms with Crippen molar-refractivity contribution in [3.63, 3.8) is 0 Å². The third-order valence-electron chi connectivity index (χ3n) is 3.45. The average Bonchev–Trinajstić information content (AvgIpc) is 3.11. The van der Waals surface area contributed by atoms with Crippen molar-refractivity contribution in [3.8, 4) is 11.3 Å². The van der Waals surface area contributed by atoms with Crippen molar-refractivity contribution in [3.05, 3.63) is 86.6 Å². The van der Waals surface area contributed by atoms with Gasteiger partial charge in [-0.25, -0.2) is 5.43 Å². The van der Waals surface area contributed by atoms with Gasteiger partial charge in [0.2, 0.25) is 0 Å². The minimum atomic E-state index is -0.528. The number of rotatable bonds is 5. The van der Waals surface area contributed by atoms with Gasteiger partial charge < -0.3 is 4.42 Å². The molecule has 1 heterocycles. The first-order valence-electron chi connectivity index (χ1n) is 7.46. The molecule has 1 amide bonds. The number of halogens is 1. The number of hydrogen-bond donors (Lipinski definition) is 1. The number of nitro benzene ring substituents is 1. The lowest BCUT2D eigenvalue weighted by Gasteiger charge is -1.99. The Morgan fingerprint density at radius 1 is 1.08 bits per heavy atom. The lowest BCUT2D eigenvalue weighted by molar-refractivity contribution is -0.384. The molecule has 3 rings (SSSR count). The second kappa shape index (κ2) is 7.75. The number of carbonyl (C=O) groups excluding carboxylic acids is 1. The highest BCUT2D eigenvalue weighted by molar-refractivity contribution is 9.10. The van der Waals surface area contributed by atoms with Crippen molar-refractivity contribution < 1.29 is 14.1 Å². The van der Waals surface area contributed by atoms with E-state index in [-0.39, 0.29) is 11.3 Å². The zero-order valence-electron chi connectivity index (χ0n) is 13.3. The van der Waals surface area contributed by atoms with Gasteiger partial charge in [-0.2, -0.15) is 5.10 Å². The second-order valence-corrected chi connectivity index (χ2v) is 6.13. The van der Waals surface area contributed by atoms with Crippen LogP contribution in [-0.4, -0.2) is 17.0 Å². The summed E-state index contributed by atoms with van der Waals surface area (Å²) in [6.45, 7) is 0. The molecule has 130 valence electrons. The van der Waals surface area contributed by atoms with Crippen LogP contribution in [0.25, 0.3) is 11.3 Å². The molecular weight excluding hydrogens is 402 g/mol. The summed E-state index contributed by atoms with van der Waals surface area (Å²) < 4.78 is 6.62. The second-order valence-electron chi connectivity index (χ2n) is 5.21. The zero-order valence-corrected chi connectivity index (χ0v) is 14.8. The fraction of sp³-hybridized carbons (Fsp3) is 0. The number of nitro groups is 1. The molecular formula is C18H12BrN3O4. The predicted octanol–water partition coefficient (Wildman–Crippen LogP) is 4.38. The van der Waals surface area contributed by atoms with Crippen LogP contribution in [0.3, 0.4) is 0 Å². The summed E-state index contributed by atoms with van der Waals surface area (Å²) >= 11 is 3.38. The van der Waals surface area contributed by atoms with Gasteiger partial charge in [0.15, 0.2) is 0 Å². The van der Waals surface area contributed by atoms with Crippen molar-refractivity contribution >= 4 is 33.7 Å². The van der Waals surface area contributed by atoms with Crippen LogP contribution in [0.1, 0.15) is 16.1 Å². The summed E-state index contributed by atoms with van der Waals surface area (Å²) in [6, 6.07) is 16.4. The third kappa shape index (κ3) is 4.22. The number of amides is 1. The Morgan fingerprint density at radius 2 is 1.77 bits per heavy atom. The van der Waals surface area contributed by atoms with Gasteiger partial charge in [-0.15, -0.1) is 0 Å². The predicted molar refractivity (Wildman–Crippen MR) is 100 cm³/mol. The normalized spacial score (nSPS) is 10.8. The van der Waals surface area contributed by atoms with Crippen LogP contribution >= 0.6 is 15.9 Å². The lowest BCUT2D eigenvalue weighted by Crippen LogP contribution is -2.17. The Bertz CT molecular complexity index is 963. The molecule has 0 aliphatic heterocycles. The fourth-order valence-corrected chi connectivity index (χ4v) is 2.41. The maximum atomic E-state index is 11.9. The summed E-state index contributed by atoms with van der Waals surface area (Å²) in [4.78, 5) is 22.0. The molecule has 0 aliphatic rings. The Kier molecular flexibility index (Phi) is 5.23. The number of hydrogen-bond acceptors (Lipinski definition) is 5. The highest BCUT2D eigenvalue weighted by Gasteiger charge is 2.09. The number of nitrogens with zero attached hydrogens (tertiary/aromatic N) is 2. The Balaban J connectivity index is 1.62. The molecule has 7 nitrogen and oxygen atoms in total. The first-order valence-corrected chi connectivity index (χ1v) is 8.26. The molecule has 3 aromatic rings. The van der Waals surface area contributed by atoms with E-state index in [9.17, 15) is 14.9 Å². The Hall–Kier alpha value is -3.26. The van der Waals surface area contributed by atoms with E-state index in [0.29, 0.717) is 11.5 Å². The van der Waals surface area contributed by atoms with Crippen molar-refractivity contribution in [1.82, 2.24) is 5.43 Å². The molecule has 26 heavy (non-hydrogen) atoms. The number of carbonyl (C=O) groups is 1. The van der Waals surface area contributed by atoms with Gasteiger partial charge in [-0.1, -0.05) is 28.1 Å². The molecule has 0 saturated carbocycles. The average molecular weight is 414 g/mol. The van der Waals surface area contributed by atoms with E-state index in [1.165, 1.54) is 30.5 Å². The molecule has 0 unspecified atom stereocenters. The maximum Gasteiger partial charge on any atom is 0.271 e. The van der Waals surface area contributed by atoms with Gasteiger partial charge in [0.1, 0.15) is 11.5 Å². The van der Waals surface area contributed by atoms with Crippen molar-refractivity contribution in [1.29, 1.82) is 0 Å². The van der Waals surface area contributed by atoms with Crippen molar-refractivity contribution in [2.45, 2.75) is 0 Å². The molecule has 0 bridgehead atoms. The molecule has 0 radical (unpaired) electrons. The quantitative estimate of drug-likeness (QED) is 0.381. The number of nitrogens with one attached hydrogen (secondary N) is 1. The van der Waals surface area contributed by atoms with Crippen molar-refractivity contribution in [2.75, 3.05) is 0 Å². The summed E-state index contributed by atoms with van der Waals surface area (Å²) in [6.07, 6.45) is 1.38. The molecule has 2 aromatic carbocycles. The Labute approximate surface area is 156 Å². The molecule has 1 N–H and O–H groups in total. The van der Waals surface area contributed by atoms with Crippen LogP contribution in [0.5, 0.6) is 0 Å².